The van der Waals surface area contributed by atoms with Crippen molar-refractivity contribution in [3.63, 3.8) is 0 Å². The maximum Gasteiger partial charge on any atom is 0.407 e. The number of aryl methyl sites for hydroxylation is 1. The predicted octanol–water partition coefficient (Wildman–Crippen LogP) is 4.42. The molecule has 3 aromatic rings. The van der Waals surface area contributed by atoms with Gasteiger partial charge in [0.2, 0.25) is 5.65 Å². The molecule has 0 aliphatic rings. The summed E-state index contributed by atoms with van der Waals surface area (Å²) in [4.78, 5) is 29.5. The van der Waals surface area contributed by atoms with E-state index in [1.807, 2.05) is 43.4 Å². The Morgan fingerprint density at radius 2 is 1.82 bits per heavy atom. The first kappa shape index (κ1) is 32.1. The predicted molar refractivity (Wildman–Crippen MR) is 156 cm³/mol. The SMILES string of the molecule is COCCOc1ccc2c(c1)nc(NCCCCCC(=O)[C@@H](NC(=O)OC(C)C)C(C)C)c1nnc(C)n12.S. The highest BCUT2D eigenvalue weighted by Crippen LogP contribution is 2.25. The molecule has 216 valence electrons. The number of ketones is 1. The van der Waals surface area contributed by atoms with E-state index >= 15 is 0 Å². The summed E-state index contributed by atoms with van der Waals surface area (Å²) in [6.07, 6.45) is 2.05. The molecule has 1 atom stereocenters. The van der Waals surface area contributed by atoms with Gasteiger partial charge in [-0.1, -0.05) is 20.3 Å². The number of hydrogen-bond donors (Lipinski definition) is 2. The molecule has 3 rings (SSSR count). The van der Waals surface area contributed by atoms with Gasteiger partial charge in [0.1, 0.15) is 18.2 Å². The minimum atomic E-state index is -0.553. The highest BCUT2D eigenvalue weighted by Gasteiger charge is 2.24. The second kappa shape index (κ2) is 15.5. The van der Waals surface area contributed by atoms with Crippen LogP contribution in [0, 0.1) is 12.8 Å². The fourth-order valence-corrected chi connectivity index (χ4v) is 4.16. The Hall–Kier alpha value is -3.12. The van der Waals surface area contributed by atoms with Crippen LogP contribution in [0.5, 0.6) is 5.75 Å². The van der Waals surface area contributed by atoms with Crippen molar-refractivity contribution in [3.8, 4) is 5.75 Å². The van der Waals surface area contributed by atoms with Crippen molar-refractivity contribution in [1.29, 1.82) is 0 Å². The highest BCUT2D eigenvalue weighted by atomic mass is 32.1. The van der Waals surface area contributed by atoms with Gasteiger partial charge in [0.05, 0.1) is 29.8 Å². The van der Waals surface area contributed by atoms with E-state index in [2.05, 4.69) is 20.8 Å². The zero-order valence-electron chi connectivity index (χ0n) is 23.7. The number of aromatic nitrogens is 4. The molecule has 2 aromatic heterocycles. The summed E-state index contributed by atoms with van der Waals surface area (Å²) in [5.74, 6) is 2.15. The number of anilines is 1. The molecule has 0 saturated carbocycles. The number of unbranched alkanes of at least 4 members (excludes halogenated alkanes) is 2. The van der Waals surface area contributed by atoms with Gasteiger partial charge in [-0.05, 0) is 51.7 Å². The highest BCUT2D eigenvalue weighted by molar-refractivity contribution is 7.59. The van der Waals surface area contributed by atoms with Crippen LogP contribution in [-0.2, 0) is 14.3 Å². The van der Waals surface area contributed by atoms with Crippen LogP contribution in [0.4, 0.5) is 10.6 Å². The number of nitrogens with one attached hydrogen (secondary N) is 2. The smallest absolute Gasteiger partial charge is 0.407 e. The Balaban J connectivity index is 0.00000533. The molecular formula is C27H42N6O5S. The molecule has 2 heterocycles. The Labute approximate surface area is 236 Å². The Kier molecular flexibility index (Phi) is 12.7. The second-order valence-electron chi connectivity index (χ2n) is 9.88. The van der Waals surface area contributed by atoms with Crippen molar-refractivity contribution in [2.75, 3.05) is 32.2 Å². The van der Waals surface area contributed by atoms with Gasteiger partial charge in [-0.15, -0.1) is 10.2 Å². The third-order valence-corrected chi connectivity index (χ3v) is 6.03. The molecule has 0 spiro atoms. The van der Waals surface area contributed by atoms with E-state index in [9.17, 15) is 9.59 Å². The lowest BCUT2D eigenvalue weighted by molar-refractivity contribution is -0.122. The number of benzene rings is 1. The molecule has 0 aliphatic carbocycles. The number of carbonyl (C=O) groups is 2. The van der Waals surface area contributed by atoms with E-state index in [0.29, 0.717) is 37.6 Å². The number of ether oxygens (including phenoxy) is 3. The standard InChI is InChI=1S/C27H40N6O5.H2S/c1-17(2)24(30-27(35)38-18(3)4)23(34)10-8-7-9-13-28-25-26-32-31-19(5)33(26)22-12-11-20(16-21(22)29-25)37-15-14-36-6;/h11-12,16-18,24H,7-10,13-15H2,1-6H3,(H,28,29)(H,30,35);1H2/t24-;/m0./s1. The first-order chi connectivity index (χ1) is 18.2. The minimum absolute atomic E-state index is 0. The number of methoxy groups -OCH3 is 1. The lowest BCUT2D eigenvalue weighted by Gasteiger charge is -2.21. The van der Waals surface area contributed by atoms with Crippen molar-refractivity contribution < 1.29 is 23.8 Å². The van der Waals surface area contributed by atoms with Crippen LogP contribution in [-0.4, -0.2) is 70.5 Å². The van der Waals surface area contributed by atoms with E-state index in [4.69, 9.17) is 19.2 Å². The van der Waals surface area contributed by atoms with Crippen molar-refractivity contribution >= 4 is 47.9 Å². The largest absolute Gasteiger partial charge is 0.491 e. The number of nitrogens with zero attached hydrogens (tertiary/aromatic N) is 4. The number of carbonyl (C=O) groups excluding carboxylic acids is 2. The van der Waals surface area contributed by atoms with Crippen LogP contribution in [0.3, 0.4) is 0 Å². The Morgan fingerprint density at radius 3 is 2.51 bits per heavy atom. The topological polar surface area (TPSA) is 129 Å². The molecule has 0 fully saturated rings. The summed E-state index contributed by atoms with van der Waals surface area (Å²) in [6.45, 7) is 10.9. The molecule has 2 N–H and O–H groups in total. The van der Waals surface area contributed by atoms with Crippen LogP contribution in [0.25, 0.3) is 16.7 Å². The van der Waals surface area contributed by atoms with Crippen LogP contribution >= 0.6 is 13.5 Å². The van der Waals surface area contributed by atoms with Crippen molar-refractivity contribution in [3.05, 3.63) is 24.0 Å². The van der Waals surface area contributed by atoms with Gasteiger partial charge < -0.3 is 24.8 Å². The number of amides is 1. The molecule has 0 radical (unpaired) electrons. The molecule has 1 aromatic carbocycles. The zero-order valence-corrected chi connectivity index (χ0v) is 24.7. The molecular weight excluding hydrogens is 520 g/mol. The van der Waals surface area contributed by atoms with Crippen LogP contribution in [0.2, 0.25) is 0 Å². The lowest BCUT2D eigenvalue weighted by atomic mass is 9.96. The Bertz CT molecular complexity index is 1230. The van der Waals surface area contributed by atoms with Gasteiger partial charge in [0.15, 0.2) is 11.6 Å². The number of Topliss-reactive ketones (excluding diaryl/α,β-unsaturated/α-hetero) is 1. The van der Waals surface area contributed by atoms with Gasteiger partial charge in [-0.25, -0.2) is 9.78 Å². The van der Waals surface area contributed by atoms with E-state index in [1.165, 1.54) is 0 Å². The monoisotopic (exact) mass is 562 g/mol. The van der Waals surface area contributed by atoms with E-state index in [1.54, 1.807) is 21.0 Å². The average molecular weight is 563 g/mol. The van der Waals surface area contributed by atoms with Crippen molar-refractivity contribution in [2.24, 2.45) is 5.92 Å². The molecule has 0 unspecified atom stereocenters. The van der Waals surface area contributed by atoms with Crippen LogP contribution < -0.4 is 15.4 Å². The van der Waals surface area contributed by atoms with E-state index < -0.39 is 12.1 Å². The number of fused-ring (bicyclic) bond motifs is 3. The van der Waals surface area contributed by atoms with E-state index in [-0.39, 0.29) is 31.3 Å². The second-order valence-corrected chi connectivity index (χ2v) is 9.88. The summed E-state index contributed by atoms with van der Waals surface area (Å²) in [7, 11) is 1.64. The molecule has 39 heavy (non-hydrogen) atoms. The fourth-order valence-electron chi connectivity index (χ4n) is 4.16. The molecule has 12 heteroatoms. The third-order valence-electron chi connectivity index (χ3n) is 6.03. The third kappa shape index (κ3) is 8.96. The first-order valence-electron chi connectivity index (χ1n) is 13.2. The average Bonchev–Trinajstić information content (AvgIpc) is 3.25. The maximum absolute atomic E-state index is 12.7. The van der Waals surface area contributed by atoms with E-state index in [0.717, 1.165) is 41.9 Å². The first-order valence-corrected chi connectivity index (χ1v) is 13.2. The van der Waals surface area contributed by atoms with Gasteiger partial charge in [0, 0.05) is 26.1 Å². The summed E-state index contributed by atoms with van der Waals surface area (Å²) < 4.78 is 17.9. The van der Waals surface area contributed by atoms with Crippen molar-refractivity contribution in [1.82, 2.24) is 24.9 Å². The molecule has 1 amide bonds. The molecule has 0 saturated heterocycles. The Morgan fingerprint density at radius 1 is 1.05 bits per heavy atom. The quantitative estimate of drug-likeness (QED) is 0.259. The molecule has 0 aliphatic heterocycles. The normalized spacial score (nSPS) is 12.0. The lowest BCUT2D eigenvalue weighted by Crippen LogP contribution is -2.45. The number of rotatable bonds is 15. The van der Waals surface area contributed by atoms with Gasteiger partial charge >= 0.3 is 6.09 Å². The summed E-state index contributed by atoms with van der Waals surface area (Å²) in [5.41, 5.74) is 2.33. The van der Waals surface area contributed by atoms with Crippen LogP contribution in [0.1, 0.15) is 59.2 Å². The minimum Gasteiger partial charge on any atom is -0.491 e. The molecule has 0 bridgehead atoms. The number of hydrogen-bond acceptors (Lipinski definition) is 9. The summed E-state index contributed by atoms with van der Waals surface area (Å²) >= 11 is 0. The van der Waals surface area contributed by atoms with Gasteiger partial charge in [-0.3, -0.25) is 9.20 Å². The van der Waals surface area contributed by atoms with Crippen molar-refractivity contribution in [2.45, 2.75) is 72.4 Å². The maximum atomic E-state index is 12.7. The van der Waals surface area contributed by atoms with Gasteiger partial charge in [-0.2, -0.15) is 13.5 Å². The molecule has 11 nitrogen and oxygen atoms in total. The van der Waals surface area contributed by atoms with Gasteiger partial charge in [0.25, 0.3) is 0 Å². The van der Waals surface area contributed by atoms with Crippen LogP contribution in [0.15, 0.2) is 18.2 Å². The fraction of sp³-hybridized carbons (Fsp3) is 0.593. The summed E-state index contributed by atoms with van der Waals surface area (Å²) in [6, 6.07) is 5.21. The number of alkyl carbamates (subject to hydrolysis) is 1. The zero-order chi connectivity index (χ0) is 27.7. The summed E-state index contributed by atoms with van der Waals surface area (Å²) in [5, 5.41) is 14.7.